The van der Waals surface area contributed by atoms with Gasteiger partial charge in [0.25, 0.3) is 0 Å². The van der Waals surface area contributed by atoms with Crippen molar-refractivity contribution in [3.05, 3.63) is 22.2 Å². The van der Waals surface area contributed by atoms with Gasteiger partial charge in [0, 0.05) is 17.5 Å². The van der Waals surface area contributed by atoms with Gasteiger partial charge in [0.05, 0.1) is 7.11 Å². The van der Waals surface area contributed by atoms with Crippen molar-refractivity contribution in [3.8, 4) is 11.5 Å². The average molecular weight is 272 g/mol. The summed E-state index contributed by atoms with van der Waals surface area (Å²) in [6.45, 7) is 0.583. The highest BCUT2D eigenvalue weighted by molar-refractivity contribution is 9.10. The molecule has 0 amide bonds. The molecule has 1 aliphatic carbocycles. The molecule has 0 spiro atoms. The molecular weight excluding hydrogens is 258 g/mol. The van der Waals surface area contributed by atoms with Crippen LogP contribution in [0, 0.1) is 0 Å². The Hall–Kier alpha value is -0.740. The molecule has 1 aromatic carbocycles. The van der Waals surface area contributed by atoms with Crippen molar-refractivity contribution in [2.75, 3.05) is 13.7 Å². The van der Waals surface area contributed by atoms with Gasteiger partial charge in [0.1, 0.15) is 16.0 Å². The monoisotopic (exact) mass is 271 g/mol. The van der Waals surface area contributed by atoms with E-state index in [0.717, 1.165) is 18.4 Å². The van der Waals surface area contributed by atoms with Gasteiger partial charge in [0.15, 0.2) is 0 Å². The Morgan fingerprint density at radius 2 is 2.20 bits per heavy atom. The van der Waals surface area contributed by atoms with Crippen LogP contribution in [0.3, 0.4) is 0 Å². The van der Waals surface area contributed by atoms with Gasteiger partial charge in [-0.3, -0.25) is 0 Å². The maximum atomic E-state index is 10.0. The first-order valence-corrected chi connectivity index (χ1v) is 5.70. The minimum absolute atomic E-state index is 0.00112. The molecule has 0 unspecified atom stereocenters. The number of hydrogen-bond donors (Lipinski definition) is 2. The predicted molar refractivity (Wildman–Crippen MR) is 62.3 cm³/mol. The second kappa shape index (κ2) is 3.68. The highest BCUT2D eigenvalue weighted by atomic mass is 79.9. The van der Waals surface area contributed by atoms with E-state index in [0.29, 0.717) is 16.8 Å². The quantitative estimate of drug-likeness (QED) is 0.886. The highest BCUT2D eigenvalue weighted by Crippen LogP contribution is 2.52. The minimum atomic E-state index is -0.00112. The zero-order chi connectivity index (χ0) is 11.1. The van der Waals surface area contributed by atoms with Crippen molar-refractivity contribution in [1.82, 2.24) is 0 Å². The number of phenols is 1. The van der Waals surface area contributed by atoms with E-state index >= 15 is 0 Å². The number of benzene rings is 1. The number of hydrogen-bond acceptors (Lipinski definition) is 3. The lowest BCUT2D eigenvalue weighted by molar-refractivity contribution is 0.400. The Labute approximate surface area is 97.4 Å². The van der Waals surface area contributed by atoms with E-state index in [4.69, 9.17) is 10.5 Å². The van der Waals surface area contributed by atoms with Crippen molar-refractivity contribution in [3.63, 3.8) is 0 Å². The van der Waals surface area contributed by atoms with E-state index in [2.05, 4.69) is 15.9 Å². The van der Waals surface area contributed by atoms with Crippen LogP contribution >= 0.6 is 15.9 Å². The summed E-state index contributed by atoms with van der Waals surface area (Å²) in [5.41, 5.74) is 6.66. The number of aromatic hydroxyl groups is 1. The zero-order valence-corrected chi connectivity index (χ0v) is 10.2. The molecule has 1 saturated carbocycles. The van der Waals surface area contributed by atoms with Gasteiger partial charge < -0.3 is 15.6 Å². The fourth-order valence-corrected chi connectivity index (χ4v) is 2.37. The van der Waals surface area contributed by atoms with E-state index in [-0.39, 0.29) is 11.2 Å². The van der Waals surface area contributed by atoms with E-state index in [9.17, 15) is 5.11 Å². The smallest absolute Gasteiger partial charge is 0.137 e. The van der Waals surface area contributed by atoms with Gasteiger partial charge >= 0.3 is 0 Å². The number of methoxy groups -OCH3 is 1. The van der Waals surface area contributed by atoms with E-state index in [1.54, 1.807) is 7.11 Å². The molecule has 0 aromatic heterocycles. The van der Waals surface area contributed by atoms with Gasteiger partial charge in [-0.25, -0.2) is 0 Å². The average Bonchev–Trinajstić information content (AvgIpc) is 3.03. The van der Waals surface area contributed by atoms with Gasteiger partial charge in [-0.2, -0.15) is 0 Å². The maximum Gasteiger partial charge on any atom is 0.137 e. The summed E-state index contributed by atoms with van der Waals surface area (Å²) in [7, 11) is 1.58. The normalized spacial score (nSPS) is 17.5. The Bertz CT molecular complexity index is 388. The number of ether oxygens (including phenoxy) is 1. The fourth-order valence-electron chi connectivity index (χ4n) is 1.87. The van der Waals surface area contributed by atoms with Crippen molar-refractivity contribution in [2.45, 2.75) is 18.3 Å². The van der Waals surface area contributed by atoms with Crippen LogP contribution in [0.15, 0.2) is 16.6 Å². The number of halogens is 1. The fraction of sp³-hybridized carbons (Fsp3) is 0.455. The van der Waals surface area contributed by atoms with Crippen LogP contribution in [0.2, 0.25) is 0 Å². The third-order valence-electron chi connectivity index (χ3n) is 3.12. The van der Waals surface area contributed by atoms with Crippen LogP contribution in [0.25, 0.3) is 0 Å². The first-order valence-electron chi connectivity index (χ1n) is 4.90. The van der Waals surface area contributed by atoms with Crippen molar-refractivity contribution < 1.29 is 9.84 Å². The first-order chi connectivity index (χ1) is 7.14. The standard InChI is InChI=1S/C11H14BrNO2/c1-15-8-3-2-7(10(14)9(8)12)11(6-13)4-5-11/h2-3,14H,4-6,13H2,1H3. The summed E-state index contributed by atoms with van der Waals surface area (Å²) in [5, 5.41) is 10.0. The Morgan fingerprint density at radius 3 is 2.67 bits per heavy atom. The molecule has 1 fully saturated rings. The summed E-state index contributed by atoms with van der Waals surface area (Å²) in [6, 6.07) is 3.76. The molecule has 3 N–H and O–H groups in total. The van der Waals surface area contributed by atoms with Crippen LogP contribution in [-0.2, 0) is 5.41 Å². The second-order valence-electron chi connectivity index (χ2n) is 3.96. The summed E-state index contributed by atoms with van der Waals surface area (Å²) >= 11 is 3.32. The minimum Gasteiger partial charge on any atom is -0.506 e. The number of nitrogens with two attached hydrogens (primary N) is 1. The van der Waals surface area contributed by atoms with E-state index < -0.39 is 0 Å². The molecule has 0 heterocycles. The molecule has 82 valence electrons. The maximum absolute atomic E-state index is 10.0. The lowest BCUT2D eigenvalue weighted by Crippen LogP contribution is -2.19. The van der Waals surface area contributed by atoms with Crippen LogP contribution < -0.4 is 10.5 Å². The van der Waals surface area contributed by atoms with Crippen molar-refractivity contribution in [1.29, 1.82) is 0 Å². The second-order valence-corrected chi connectivity index (χ2v) is 4.76. The molecule has 0 bridgehead atoms. The van der Waals surface area contributed by atoms with Crippen molar-refractivity contribution >= 4 is 15.9 Å². The molecule has 0 aliphatic heterocycles. The Kier molecular flexibility index (Phi) is 2.64. The molecule has 0 radical (unpaired) electrons. The summed E-state index contributed by atoms with van der Waals surface area (Å²) in [5.74, 6) is 0.904. The predicted octanol–water partition coefficient (Wildman–Crippen LogP) is 2.15. The molecule has 2 rings (SSSR count). The topological polar surface area (TPSA) is 55.5 Å². The van der Waals surface area contributed by atoms with Gasteiger partial charge in [-0.1, -0.05) is 6.07 Å². The SMILES string of the molecule is COc1ccc(C2(CN)CC2)c(O)c1Br. The summed E-state index contributed by atoms with van der Waals surface area (Å²) in [4.78, 5) is 0. The molecule has 1 aromatic rings. The Morgan fingerprint density at radius 1 is 1.53 bits per heavy atom. The zero-order valence-electron chi connectivity index (χ0n) is 8.59. The lowest BCUT2D eigenvalue weighted by Gasteiger charge is -2.16. The van der Waals surface area contributed by atoms with E-state index in [1.165, 1.54) is 0 Å². The summed E-state index contributed by atoms with van der Waals surface area (Å²) < 4.78 is 5.72. The van der Waals surface area contributed by atoms with Crippen molar-refractivity contribution in [2.24, 2.45) is 5.73 Å². The number of phenolic OH excluding ortho intramolecular Hbond substituents is 1. The van der Waals surface area contributed by atoms with Crippen LogP contribution in [-0.4, -0.2) is 18.8 Å². The molecule has 0 saturated heterocycles. The molecular formula is C11H14BrNO2. The van der Waals surface area contributed by atoms with Crippen LogP contribution in [0.5, 0.6) is 11.5 Å². The van der Waals surface area contributed by atoms with Gasteiger partial charge in [-0.05, 0) is 34.8 Å². The molecule has 4 heteroatoms. The molecule has 3 nitrogen and oxygen atoms in total. The lowest BCUT2D eigenvalue weighted by atomic mass is 9.95. The van der Waals surface area contributed by atoms with Crippen LogP contribution in [0.4, 0.5) is 0 Å². The van der Waals surface area contributed by atoms with E-state index in [1.807, 2.05) is 12.1 Å². The largest absolute Gasteiger partial charge is 0.506 e. The summed E-state index contributed by atoms with van der Waals surface area (Å²) in [6.07, 6.45) is 2.10. The number of rotatable bonds is 3. The third-order valence-corrected chi connectivity index (χ3v) is 3.88. The van der Waals surface area contributed by atoms with Crippen LogP contribution in [0.1, 0.15) is 18.4 Å². The third kappa shape index (κ3) is 1.62. The Balaban J connectivity index is 2.47. The molecule has 0 atom stereocenters. The molecule has 15 heavy (non-hydrogen) atoms. The van der Waals surface area contributed by atoms with Gasteiger partial charge in [-0.15, -0.1) is 0 Å². The molecule has 1 aliphatic rings. The van der Waals surface area contributed by atoms with Gasteiger partial charge in [0.2, 0.25) is 0 Å². The first kappa shape index (κ1) is 10.8. The highest BCUT2D eigenvalue weighted by Gasteiger charge is 2.45.